The summed E-state index contributed by atoms with van der Waals surface area (Å²) >= 11 is 0. The van der Waals surface area contributed by atoms with E-state index < -0.39 is 81.6 Å². The molecule has 0 heterocycles. The summed E-state index contributed by atoms with van der Waals surface area (Å²) in [6.07, 6.45) is -0.276. The van der Waals surface area contributed by atoms with Crippen LogP contribution in [0.25, 0.3) is 5.76 Å². The fraction of sp³-hybridized carbons (Fsp3) is 0.345. The number of nitrogens with zero attached hydrogens (tertiary/aromatic N) is 1. The molecule has 3 atom stereocenters. The SMILES string of the molecule is CN(C)c1cc(CNCc2cc(F)c(F)c(F)c2)c(O)c2c1C[C@H]1C[C@H]3CC(=O)C(C(N)=O)=C(O)[C@@]3(O)C(=O)C1=C2O. The number of primary amides is 1. The molecule has 222 valence electrons. The highest BCUT2D eigenvalue weighted by molar-refractivity contribution is 6.22. The van der Waals surface area contributed by atoms with Gasteiger partial charge in [-0.2, -0.15) is 0 Å². The minimum absolute atomic E-state index is 0.00460. The first-order valence-electron chi connectivity index (χ1n) is 13.0. The Hall–Kier alpha value is -4.36. The molecule has 42 heavy (non-hydrogen) atoms. The summed E-state index contributed by atoms with van der Waals surface area (Å²) in [4.78, 5) is 39.8. The fourth-order valence-corrected chi connectivity index (χ4v) is 6.31. The number of rotatable bonds is 6. The predicted octanol–water partition coefficient (Wildman–Crippen LogP) is 2.20. The number of hydrogen-bond acceptors (Lipinski definition) is 9. The number of hydrogen-bond donors (Lipinski definition) is 6. The molecule has 0 aliphatic heterocycles. The van der Waals surface area contributed by atoms with Gasteiger partial charge in [0.05, 0.1) is 5.56 Å². The van der Waals surface area contributed by atoms with E-state index >= 15 is 0 Å². The molecule has 1 fully saturated rings. The second-order valence-electron chi connectivity index (χ2n) is 11.0. The normalized spacial score (nSPS) is 23.5. The van der Waals surface area contributed by atoms with Crippen LogP contribution in [0.15, 0.2) is 35.1 Å². The van der Waals surface area contributed by atoms with Crippen molar-refractivity contribution in [2.75, 3.05) is 19.0 Å². The van der Waals surface area contributed by atoms with Crippen LogP contribution in [0.1, 0.15) is 35.1 Å². The van der Waals surface area contributed by atoms with Crippen molar-refractivity contribution in [1.29, 1.82) is 0 Å². The highest BCUT2D eigenvalue weighted by atomic mass is 19.2. The minimum atomic E-state index is -2.67. The number of Topliss-reactive ketones (excluding diaryl/α,β-unsaturated/α-hetero) is 2. The number of nitrogens with one attached hydrogen (secondary N) is 1. The number of carbonyl (C=O) groups is 3. The molecule has 0 aromatic heterocycles. The van der Waals surface area contributed by atoms with E-state index in [4.69, 9.17) is 5.73 Å². The van der Waals surface area contributed by atoms with Crippen molar-refractivity contribution in [2.45, 2.75) is 38.0 Å². The number of halogens is 3. The maximum atomic E-state index is 13.7. The lowest BCUT2D eigenvalue weighted by Gasteiger charge is -2.46. The van der Waals surface area contributed by atoms with Gasteiger partial charge >= 0.3 is 0 Å². The molecule has 2 aromatic rings. The summed E-state index contributed by atoms with van der Waals surface area (Å²) < 4.78 is 40.5. The molecule has 3 aliphatic rings. The number of benzene rings is 2. The Bertz CT molecular complexity index is 1610. The van der Waals surface area contributed by atoms with E-state index in [1.54, 1.807) is 25.1 Å². The number of aromatic hydroxyl groups is 1. The van der Waals surface area contributed by atoms with Crippen LogP contribution in [0, 0.1) is 29.3 Å². The molecule has 0 bridgehead atoms. The van der Waals surface area contributed by atoms with Gasteiger partial charge in [-0.05, 0) is 48.1 Å². The van der Waals surface area contributed by atoms with Crippen molar-refractivity contribution in [2.24, 2.45) is 17.6 Å². The molecule has 0 radical (unpaired) electrons. The number of phenols is 1. The number of amides is 1. The highest BCUT2D eigenvalue weighted by Crippen LogP contribution is 2.53. The Balaban J connectivity index is 1.56. The van der Waals surface area contributed by atoms with Gasteiger partial charge in [-0.25, -0.2) is 13.2 Å². The molecule has 7 N–H and O–H groups in total. The van der Waals surface area contributed by atoms with Crippen LogP contribution in [0.5, 0.6) is 5.75 Å². The minimum Gasteiger partial charge on any atom is -0.508 e. The van der Waals surface area contributed by atoms with Gasteiger partial charge in [0, 0.05) is 56.3 Å². The topological polar surface area (TPSA) is 173 Å². The number of aliphatic hydroxyl groups is 3. The van der Waals surface area contributed by atoms with E-state index in [1.165, 1.54) is 0 Å². The number of phenolic OH excluding ortho intramolecular Hbond substituents is 1. The van der Waals surface area contributed by atoms with Crippen LogP contribution in [-0.2, 0) is 33.9 Å². The summed E-state index contributed by atoms with van der Waals surface area (Å²) in [5.74, 6) is -11.5. The Morgan fingerprint density at radius 3 is 2.31 bits per heavy atom. The van der Waals surface area contributed by atoms with Crippen molar-refractivity contribution in [1.82, 2.24) is 5.32 Å². The van der Waals surface area contributed by atoms with Crippen LogP contribution in [0.3, 0.4) is 0 Å². The third kappa shape index (κ3) is 4.31. The zero-order valence-corrected chi connectivity index (χ0v) is 22.6. The average molecular weight is 588 g/mol. The second kappa shape index (κ2) is 10.2. The fourth-order valence-electron chi connectivity index (χ4n) is 6.31. The van der Waals surface area contributed by atoms with Crippen molar-refractivity contribution in [3.8, 4) is 5.75 Å². The number of fused-ring (bicyclic) bond motifs is 3. The van der Waals surface area contributed by atoms with Gasteiger partial charge in [-0.1, -0.05) is 0 Å². The summed E-state index contributed by atoms with van der Waals surface area (Å²) in [6, 6.07) is 3.31. The maximum absolute atomic E-state index is 13.7. The van der Waals surface area contributed by atoms with Crippen molar-refractivity contribution in [3.05, 3.63) is 74.8 Å². The molecule has 3 aliphatic carbocycles. The van der Waals surface area contributed by atoms with Gasteiger partial charge < -0.3 is 36.4 Å². The maximum Gasteiger partial charge on any atom is 0.255 e. The van der Waals surface area contributed by atoms with Gasteiger partial charge in [0.25, 0.3) is 5.91 Å². The van der Waals surface area contributed by atoms with Gasteiger partial charge in [-0.15, -0.1) is 0 Å². The molecule has 2 aromatic carbocycles. The van der Waals surface area contributed by atoms with E-state index in [0.29, 0.717) is 11.3 Å². The van der Waals surface area contributed by atoms with Crippen LogP contribution >= 0.6 is 0 Å². The predicted molar refractivity (Wildman–Crippen MR) is 143 cm³/mol. The molecule has 13 heteroatoms. The van der Waals surface area contributed by atoms with E-state index in [-0.39, 0.29) is 48.2 Å². The summed E-state index contributed by atoms with van der Waals surface area (Å²) in [5.41, 5.74) is 2.75. The van der Waals surface area contributed by atoms with Gasteiger partial charge in [0.15, 0.2) is 28.8 Å². The Morgan fingerprint density at radius 2 is 1.71 bits per heavy atom. The number of carbonyl (C=O) groups excluding carboxylic acids is 3. The molecule has 0 spiro atoms. The molecule has 0 saturated heterocycles. The van der Waals surface area contributed by atoms with Gasteiger partial charge in [-0.3, -0.25) is 14.4 Å². The van der Waals surface area contributed by atoms with Crippen molar-refractivity contribution >= 4 is 28.9 Å². The first-order valence-corrected chi connectivity index (χ1v) is 13.0. The lowest BCUT2D eigenvalue weighted by molar-refractivity contribution is -0.147. The number of ketones is 2. The third-order valence-electron chi connectivity index (χ3n) is 8.29. The molecule has 1 amide bonds. The standard InChI is InChI=1S/C29H28F3N3O7/c1-35(2)18-7-13(10-34-9-11-3-16(30)23(32)17(31)4-11)24(37)21-15(18)6-12-5-14-8-19(36)22(28(33)41)27(40)29(14,42)26(39)20(12)25(21)38/h3-4,7,12,14,34,37-38,40,42H,5-6,8-10H2,1-2H3,(H2,33,41)/t12-,14+,29+/m1/s1. The number of aliphatic hydroxyl groups excluding tert-OH is 2. The van der Waals surface area contributed by atoms with Gasteiger partial charge in [0.1, 0.15) is 22.8 Å². The molecule has 1 saturated carbocycles. The number of anilines is 1. The van der Waals surface area contributed by atoms with Gasteiger partial charge in [0.2, 0.25) is 5.78 Å². The van der Waals surface area contributed by atoms with E-state index in [0.717, 1.165) is 12.1 Å². The smallest absolute Gasteiger partial charge is 0.255 e. The molecular weight excluding hydrogens is 559 g/mol. The lowest BCUT2D eigenvalue weighted by atomic mass is 9.59. The quantitative estimate of drug-likeness (QED) is 0.219. The zero-order valence-electron chi connectivity index (χ0n) is 22.6. The van der Waals surface area contributed by atoms with Crippen LogP contribution < -0.4 is 16.0 Å². The Morgan fingerprint density at radius 1 is 1.07 bits per heavy atom. The summed E-state index contributed by atoms with van der Waals surface area (Å²) in [7, 11) is 3.45. The summed E-state index contributed by atoms with van der Waals surface area (Å²) in [5, 5.41) is 47.7. The first kappa shape index (κ1) is 29.1. The first-order chi connectivity index (χ1) is 19.7. The molecular formula is C29H28F3N3O7. The molecule has 5 rings (SSSR count). The van der Waals surface area contributed by atoms with E-state index in [2.05, 4.69) is 5.32 Å². The largest absolute Gasteiger partial charge is 0.508 e. The zero-order chi connectivity index (χ0) is 30.8. The van der Waals surface area contributed by atoms with Crippen LogP contribution in [-0.4, -0.2) is 57.6 Å². The number of nitrogens with two attached hydrogens (primary N) is 1. The second-order valence-corrected chi connectivity index (χ2v) is 11.0. The average Bonchev–Trinajstić information content (AvgIpc) is 2.90. The Kier molecular flexibility index (Phi) is 7.06. The molecule has 10 nitrogen and oxygen atoms in total. The highest BCUT2D eigenvalue weighted by Gasteiger charge is 2.60. The van der Waals surface area contributed by atoms with Crippen LogP contribution in [0.2, 0.25) is 0 Å². The van der Waals surface area contributed by atoms with Crippen LogP contribution in [0.4, 0.5) is 18.9 Å². The van der Waals surface area contributed by atoms with Crippen molar-refractivity contribution < 1.29 is 48.0 Å². The molecule has 0 unspecified atom stereocenters. The van der Waals surface area contributed by atoms with Crippen molar-refractivity contribution in [3.63, 3.8) is 0 Å². The lowest BCUT2D eigenvalue weighted by Crippen LogP contribution is -2.58. The van der Waals surface area contributed by atoms with E-state index in [9.17, 15) is 48.0 Å². The third-order valence-corrected chi connectivity index (χ3v) is 8.29. The van der Waals surface area contributed by atoms with E-state index in [1.807, 2.05) is 0 Å². The monoisotopic (exact) mass is 587 g/mol. The Labute approximate surface area is 237 Å². The summed E-state index contributed by atoms with van der Waals surface area (Å²) in [6.45, 7) is -0.170.